The van der Waals surface area contributed by atoms with E-state index in [0.29, 0.717) is 17.0 Å². The molecular formula is C9H8IN3O2. The van der Waals surface area contributed by atoms with Gasteiger partial charge < -0.3 is 4.74 Å². The maximum Gasteiger partial charge on any atom is 0.358 e. The average molecular weight is 317 g/mol. The van der Waals surface area contributed by atoms with Crippen LogP contribution >= 0.6 is 22.6 Å². The van der Waals surface area contributed by atoms with Crippen LogP contribution in [0.25, 0.3) is 5.65 Å². The molecule has 0 unspecified atom stereocenters. The largest absolute Gasteiger partial charge is 0.464 e. The fraction of sp³-hybridized carbons (Fsp3) is 0.222. The molecule has 0 spiro atoms. The summed E-state index contributed by atoms with van der Waals surface area (Å²) in [7, 11) is 1.34. The van der Waals surface area contributed by atoms with E-state index in [0.717, 1.165) is 3.70 Å². The number of fused-ring (bicyclic) bond motifs is 1. The first-order chi connectivity index (χ1) is 7.13. The molecule has 2 aromatic rings. The highest BCUT2D eigenvalue weighted by molar-refractivity contribution is 14.1. The van der Waals surface area contributed by atoms with Gasteiger partial charge in [0.05, 0.1) is 12.8 Å². The second kappa shape index (κ2) is 3.76. The van der Waals surface area contributed by atoms with Crippen LogP contribution in [-0.4, -0.2) is 27.7 Å². The highest BCUT2D eigenvalue weighted by atomic mass is 127. The molecule has 0 aliphatic carbocycles. The van der Waals surface area contributed by atoms with Gasteiger partial charge in [0.2, 0.25) is 0 Å². The van der Waals surface area contributed by atoms with Crippen molar-refractivity contribution in [1.82, 2.24) is 14.6 Å². The van der Waals surface area contributed by atoms with Crippen LogP contribution in [0.3, 0.4) is 0 Å². The molecule has 0 radical (unpaired) electrons. The molecule has 0 aromatic carbocycles. The van der Waals surface area contributed by atoms with Gasteiger partial charge in [-0.15, -0.1) is 0 Å². The summed E-state index contributed by atoms with van der Waals surface area (Å²) in [6.45, 7) is 1.76. The van der Waals surface area contributed by atoms with Gasteiger partial charge in [-0.05, 0) is 41.6 Å². The molecule has 2 rings (SSSR count). The van der Waals surface area contributed by atoms with E-state index in [9.17, 15) is 4.79 Å². The van der Waals surface area contributed by atoms with Gasteiger partial charge in [0.15, 0.2) is 11.3 Å². The number of nitrogens with zero attached hydrogens (tertiary/aromatic N) is 3. The zero-order valence-corrected chi connectivity index (χ0v) is 10.3. The van der Waals surface area contributed by atoms with E-state index >= 15 is 0 Å². The second-order valence-electron chi connectivity index (χ2n) is 2.96. The molecular weight excluding hydrogens is 309 g/mol. The molecule has 5 nitrogen and oxygen atoms in total. The number of hydrogen-bond donors (Lipinski definition) is 0. The number of halogens is 1. The molecule has 15 heavy (non-hydrogen) atoms. The Kier molecular flexibility index (Phi) is 2.59. The van der Waals surface area contributed by atoms with E-state index in [1.54, 1.807) is 6.92 Å². The molecule has 78 valence electrons. The normalized spacial score (nSPS) is 10.6. The molecule has 0 saturated carbocycles. The number of esters is 1. The van der Waals surface area contributed by atoms with Crippen molar-refractivity contribution < 1.29 is 9.53 Å². The number of rotatable bonds is 1. The Hall–Kier alpha value is -1.18. The van der Waals surface area contributed by atoms with Crippen molar-refractivity contribution in [3.63, 3.8) is 0 Å². The summed E-state index contributed by atoms with van der Waals surface area (Å²) in [6.07, 6.45) is 0. The van der Waals surface area contributed by atoms with Gasteiger partial charge in [-0.2, -0.15) is 5.10 Å². The first-order valence-electron chi connectivity index (χ1n) is 4.23. The molecule has 0 bridgehead atoms. The molecule has 6 heteroatoms. The zero-order valence-electron chi connectivity index (χ0n) is 8.19. The van der Waals surface area contributed by atoms with Crippen LogP contribution in [0.2, 0.25) is 0 Å². The van der Waals surface area contributed by atoms with Gasteiger partial charge in [0.1, 0.15) is 3.70 Å². The topological polar surface area (TPSA) is 56.5 Å². The van der Waals surface area contributed by atoms with Crippen molar-refractivity contribution in [1.29, 1.82) is 0 Å². The van der Waals surface area contributed by atoms with Gasteiger partial charge in [-0.3, -0.25) is 0 Å². The third-order valence-corrected chi connectivity index (χ3v) is 2.57. The summed E-state index contributed by atoms with van der Waals surface area (Å²) in [5.41, 5.74) is 1.65. The monoisotopic (exact) mass is 317 g/mol. The molecule has 0 atom stereocenters. The van der Waals surface area contributed by atoms with Crippen molar-refractivity contribution >= 4 is 34.2 Å². The van der Waals surface area contributed by atoms with Gasteiger partial charge in [0.25, 0.3) is 0 Å². The molecule has 0 fully saturated rings. The highest BCUT2D eigenvalue weighted by Gasteiger charge is 2.17. The van der Waals surface area contributed by atoms with Crippen LogP contribution in [0.5, 0.6) is 0 Å². The van der Waals surface area contributed by atoms with E-state index in [1.807, 2.05) is 12.1 Å². The average Bonchev–Trinajstić information content (AvgIpc) is 2.52. The fourth-order valence-corrected chi connectivity index (χ4v) is 1.75. The van der Waals surface area contributed by atoms with Crippen LogP contribution in [0.4, 0.5) is 0 Å². The Bertz CT molecular complexity index is 535. The minimum absolute atomic E-state index is 0.381. The number of methoxy groups -OCH3 is 1. The van der Waals surface area contributed by atoms with Crippen LogP contribution in [0, 0.1) is 10.6 Å². The standard InChI is InChI=1S/C9H8IN3O2/c1-5-8(9(14)15-2)13-7(11-5)4-3-6(10)12-13/h3-4H,1-2H3. The lowest BCUT2D eigenvalue weighted by molar-refractivity contribution is 0.0590. The minimum Gasteiger partial charge on any atom is -0.464 e. The van der Waals surface area contributed by atoms with E-state index in [2.05, 4.69) is 37.4 Å². The third-order valence-electron chi connectivity index (χ3n) is 2.00. The van der Waals surface area contributed by atoms with Gasteiger partial charge >= 0.3 is 5.97 Å². The second-order valence-corrected chi connectivity index (χ2v) is 4.07. The SMILES string of the molecule is COC(=O)c1c(C)nc2ccc(I)nn12. The summed E-state index contributed by atoms with van der Waals surface area (Å²) >= 11 is 2.08. The zero-order chi connectivity index (χ0) is 11.0. The number of carbonyl (C=O) groups is 1. The van der Waals surface area contributed by atoms with Gasteiger partial charge in [0, 0.05) is 0 Å². The van der Waals surface area contributed by atoms with E-state index in [4.69, 9.17) is 0 Å². The lowest BCUT2D eigenvalue weighted by Gasteiger charge is -1.99. The number of ether oxygens (including phenoxy) is 1. The van der Waals surface area contributed by atoms with Gasteiger partial charge in [-0.25, -0.2) is 14.3 Å². The summed E-state index contributed by atoms with van der Waals surface area (Å²) < 4.78 is 6.98. The Morgan fingerprint density at radius 2 is 2.27 bits per heavy atom. The predicted molar refractivity (Wildman–Crippen MR) is 61.8 cm³/mol. The van der Waals surface area contributed by atoms with Crippen molar-refractivity contribution in [2.75, 3.05) is 7.11 Å². The van der Waals surface area contributed by atoms with E-state index < -0.39 is 5.97 Å². The summed E-state index contributed by atoms with van der Waals surface area (Å²) in [4.78, 5) is 15.7. The Morgan fingerprint density at radius 1 is 1.53 bits per heavy atom. The lowest BCUT2D eigenvalue weighted by Crippen LogP contribution is -2.09. The number of aryl methyl sites for hydroxylation is 1. The molecule has 2 aromatic heterocycles. The van der Waals surface area contributed by atoms with Crippen molar-refractivity contribution in [2.24, 2.45) is 0 Å². The summed E-state index contributed by atoms with van der Waals surface area (Å²) in [5, 5.41) is 4.21. The first kappa shape index (κ1) is 10.3. The Labute approximate surface area is 99.6 Å². The molecule has 2 heterocycles. The van der Waals surface area contributed by atoms with Gasteiger partial charge in [-0.1, -0.05) is 0 Å². The molecule has 0 aliphatic heterocycles. The molecule has 0 aliphatic rings. The van der Waals surface area contributed by atoms with Crippen molar-refractivity contribution in [3.05, 3.63) is 27.2 Å². The van der Waals surface area contributed by atoms with Crippen LogP contribution in [-0.2, 0) is 4.74 Å². The van der Waals surface area contributed by atoms with Crippen molar-refractivity contribution in [2.45, 2.75) is 6.92 Å². The van der Waals surface area contributed by atoms with Crippen LogP contribution in [0.1, 0.15) is 16.2 Å². The molecule has 0 amide bonds. The predicted octanol–water partition coefficient (Wildman–Crippen LogP) is 1.43. The molecule has 0 N–H and O–H groups in total. The van der Waals surface area contributed by atoms with Crippen LogP contribution < -0.4 is 0 Å². The maximum absolute atomic E-state index is 11.5. The van der Waals surface area contributed by atoms with Crippen LogP contribution in [0.15, 0.2) is 12.1 Å². The first-order valence-corrected chi connectivity index (χ1v) is 5.31. The Balaban J connectivity index is 2.76. The Morgan fingerprint density at radius 3 is 2.93 bits per heavy atom. The third kappa shape index (κ3) is 1.69. The number of aromatic nitrogens is 3. The fourth-order valence-electron chi connectivity index (χ4n) is 1.35. The number of imidazole rings is 1. The number of hydrogen-bond acceptors (Lipinski definition) is 4. The highest BCUT2D eigenvalue weighted by Crippen LogP contribution is 2.12. The van der Waals surface area contributed by atoms with E-state index in [-0.39, 0.29) is 0 Å². The molecule has 0 saturated heterocycles. The van der Waals surface area contributed by atoms with E-state index in [1.165, 1.54) is 11.6 Å². The number of carbonyl (C=O) groups excluding carboxylic acids is 1. The lowest BCUT2D eigenvalue weighted by atomic mass is 10.3. The smallest absolute Gasteiger partial charge is 0.358 e. The maximum atomic E-state index is 11.5. The van der Waals surface area contributed by atoms with Crippen molar-refractivity contribution in [3.8, 4) is 0 Å². The summed E-state index contributed by atoms with van der Waals surface area (Å²) in [6, 6.07) is 3.65. The minimum atomic E-state index is -0.422. The quantitative estimate of drug-likeness (QED) is 0.590. The summed E-state index contributed by atoms with van der Waals surface area (Å²) in [5.74, 6) is -0.422.